The van der Waals surface area contributed by atoms with Crippen LogP contribution in [0.4, 0.5) is 26.3 Å². The van der Waals surface area contributed by atoms with E-state index in [1.54, 1.807) is 0 Å². The summed E-state index contributed by atoms with van der Waals surface area (Å²) in [4.78, 5) is 24.5. The molecule has 14 heteroatoms. The number of nitrogens with zero attached hydrogens (tertiary/aromatic N) is 2. The fraction of sp³-hybridized carbons (Fsp3) is 0.650. The van der Waals surface area contributed by atoms with E-state index >= 15 is 0 Å². The van der Waals surface area contributed by atoms with Gasteiger partial charge in [0.05, 0.1) is 6.10 Å². The maximum absolute atomic E-state index is 10.6. The van der Waals surface area contributed by atoms with Gasteiger partial charge in [0, 0.05) is 49.1 Å². The Morgan fingerprint density at radius 2 is 1.68 bits per heavy atom. The van der Waals surface area contributed by atoms with Gasteiger partial charge in [-0.05, 0) is 36.8 Å². The van der Waals surface area contributed by atoms with Crippen molar-refractivity contribution in [1.82, 2.24) is 9.88 Å². The number of likely N-dealkylation sites (tertiary alicyclic amines) is 1. The van der Waals surface area contributed by atoms with Crippen LogP contribution in [0.15, 0.2) is 24.5 Å². The second-order valence-electron chi connectivity index (χ2n) is 8.21. The van der Waals surface area contributed by atoms with E-state index in [0.29, 0.717) is 10.9 Å². The number of thioether (sulfide) groups is 1. The Morgan fingerprint density at radius 1 is 1.12 bits per heavy atom. The van der Waals surface area contributed by atoms with Crippen molar-refractivity contribution in [2.24, 2.45) is 5.92 Å². The molecule has 7 nitrogen and oxygen atoms in total. The molecule has 1 aromatic rings. The molecule has 4 rings (SSSR count). The summed E-state index contributed by atoms with van der Waals surface area (Å²) in [6.45, 7) is 4.50. The van der Waals surface area contributed by atoms with Crippen LogP contribution in [0.3, 0.4) is 0 Å². The summed E-state index contributed by atoms with van der Waals surface area (Å²) in [5.41, 5.74) is 1.33. The summed E-state index contributed by atoms with van der Waals surface area (Å²) in [7, 11) is 0. The lowest BCUT2D eigenvalue weighted by Gasteiger charge is -2.47. The van der Waals surface area contributed by atoms with Crippen LogP contribution in [0.5, 0.6) is 0 Å². The molecule has 0 amide bonds. The van der Waals surface area contributed by atoms with E-state index in [1.165, 1.54) is 43.7 Å². The van der Waals surface area contributed by atoms with E-state index in [2.05, 4.69) is 27.7 Å². The first kappa shape index (κ1) is 28.2. The number of halogens is 6. The highest BCUT2D eigenvalue weighted by atomic mass is 32.2. The highest BCUT2D eigenvalue weighted by Gasteiger charge is 2.49. The van der Waals surface area contributed by atoms with Crippen molar-refractivity contribution in [3.05, 3.63) is 30.1 Å². The number of carbonyl (C=O) groups is 2. The van der Waals surface area contributed by atoms with Crippen molar-refractivity contribution >= 4 is 23.7 Å². The van der Waals surface area contributed by atoms with Gasteiger partial charge < -0.3 is 14.9 Å². The number of carboxylic acid groups (broad SMARTS) is 2. The van der Waals surface area contributed by atoms with Crippen LogP contribution >= 0.6 is 11.8 Å². The van der Waals surface area contributed by atoms with Crippen molar-refractivity contribution in [2.45, 2.75) is 49.0 Å². The van der Waals surface area contributed by atoms with Gasteiger partial charge in [-0.15, -0.1) is 11.8 Å². The van der Waals surface area contributed by atoms with Crippen molar-refractivity contribution in [3.63, 3.8) is 0 Å². The van der Waals surface area contributed by atoms with E-state index in [-0.39, 0.29) is 0 Å². The van der Waals surface area contributed by atoms with Crippen LogP contribution < -0.4 is 0 Å². The van der Waals surface area contributed by atoms with Crippen LogP contribution in [0, 0.1) is 5.92 Å². The van der Waals surface area contributed by atoms with Gasteiger partial charge in [0.15, 0.2) is 0 Å². The molecule has 1 unspecified atom stereocenters. The summed E-state index contributed by atoms with van der Waals surface area (Å²) in [6, 6.07) is 4.19. The highest BCUT2D eigenvalue weighted by molar-refractivity contribution is 8.01. The number of rotatable bonds is 5. The number of carboxylic acids is 2. The van der Waals surface area contributed by atoms with Gasteiger partial charge in [-0.1, -0.05) is 6.07 Å². The zero-order valence-electron chi connectivity index (χ0n) is 17.8. The standard InChI is InChI=1S/C16H22N2OS.2C2HF3O2/c1-2-14(7-17-5-1)8-18-11-16(12-18)6-15(10-20-16)19-9-13-3-4-13;2*3-2(4,5)1(6)7/h1-2,5,7,13,15H,3-4,6,8-12H2;2*(H,6,7). The molecule has 1 atom stereocenters. The molecule has 1 aromatic heterocycles. The third-order valence-electron chi connectivity index (χ3n) is 5.08. The lowest BCUT2D eigenvalue weighted by atomic mass is 9.92. The molecule has 2 N–H and O–H groups in total. The second-order valence-corrected chi connectivity index (χ2v) is 9.70. The number of hydrogen-bond donors (Lipinski definition) is 2. The van der Waals surface area contributed by atoms with Crippen molar-refractivity contribution in [2.75, 3.05) is 25.4 Å². The van der Waals surface area contributed by atoms with Crippen LogP contribution in [0.2, 0.25) is 0 Å². The second kappa shape index (κ2) is 11.6. The average molecular weight is 518 g/mol. The quantitative estimate of drug-likeness (QED) is 0.568. The molecule has 34 heavy (non-hydrogen) atoms. The zero-order chi connectivity index (χ0) is 25.6. The Labute approximate surface area is 195 Å². The molecule has 0 radical (unpaired) electrons. The molecule has 2 saturated heterocycles. The Hall–Kier alpha value is -2.06. The summed E-state index contributed by atoms with van der Waals surface area (Å²) in [5.74, 6) is -3.42. The molecule has 1 aliphatic carbocycles. The third-order valence-corrected chi connectivity index (χ3v) is 6.65. The summed E-state index contributed by atoms with van der Waals surface area (Å²) >= 11 is 2.14. The SMILES string of the molecule is O=C(O)C(F)(F)F.O=C(O)C(F)(F)F.c1cncc(CN2CC3(CC(OCC4CC4)CS3)C2)c1. The fourth-order valence-electron chi connectivity index (χ4n) is 3.32. The van der Waals surface area contributed by atoms with E-state index in [9.17, 15) is 26.3 Å². The zero-order valence-corrected chi connectivity index (χ0v) is 18.6. The van der Waals surface area contributed by atoms with Crippen LogP contribution in [-0.4, -0.2) is 80.7 Å². The molecule has 3 fully saturated rings. The van der Waals surface area contributed by atoms with E-state index in [4.69, 9.17) is 24.5 Å². The van der Waals surface area contributed by atoms with Gasteiger partial charge in [-0.2, -0.15) is 26.3 Å². The minimum absolute atomic E-state index is 0.496. The minimum atomic E-state index is -5.08. The normalized spacial score (nSPS) is 21.5. The largest absolute Gasteiger partial charge is 0.490 e. The predicted molar refractivity (Wildman–Crippen MR) is 109 cm³/mol. The summed E-state index contributed by atoms with van der Waals surface area (Å²) in [5, 5.41) is 14.2. The van der Waals surface area contributed by atoms with Gasteiger partial charge >= 0.3 is 24.3 Å². The lowest BCUT2D eigenvalue weighted by Crippen LogP contribution is -2.58. The third kappa shape index (κ3) is 9.66. The van der Waals surface area contributed by atoms with Gasteiger partial charge in [0.2, 0.25) is 0 Å². The first-order valence-corrected chi connectivity index (χ1v) is 11.2. The Bertz CT molecular complexity index is 790. The molecule has 0 bridgehead atoms. The van der Waals surface area contributed by atoms with E-state index in [1.807, 2.05) is 18.5 Å². The van der Waals surface area contributed by atoms with Crippen molar-refractivity contribution in [1.29, 1.82) is 0 Å². The van der Waals surface area contributed by atoms with Crippen LogP contribution in [0.1, 0.15) is 24.8 Å². The monoisotopic (exact) mass is 518 g/mol. The van der Waals surface area contributed by atoms with Gasteiger partial charge in [-0.25, -0.2) is 9.59 Å². The molecule has 3 heterocycles. The summed E-state index contributed by atoms with van der Waals surface area (Å²) in [6.07, 6.45) is -1.78. The average Bonchev–Trinajstić information content (AvgIpc) is 3.44. The first-order valence-electron chi connectivity index (χ1n) is 10.2. The molecular weight excluding hydrogens is 494 g/mol. The van der Waals surface area contributed by atoms with Crippen LogP contribution in [-0.2, 0) is 20.9 Å². The number of aromatic nitrogens is 1. The summed E-state index contributed by atoms with van der Waals surface area (Å²) < 4.78 is 70.0. The van der Waals surface area contributed by atoms with Crippen molar-refractivity contribution < 1.29 is 50.9 Å². The molecular formula is C20H24F6N2O5S. The van der Waals surface area contributed by atoms with Gasteiger partial charge in [-0.3, -0.25) is 9.88 Å². The Kier molecular flexibility index (Phi) is 9.60. The smallest absolute Gasteiger partial charge is 0.475 e. The number of ether oxygens (including phenoxy) is 1. The number of hydrogen-bond acceptors (Lipinski definition) is 6. The molecule has 3 aliphatic rings. The minimum Gasteiger partial charge on any atom is -0.475 e. The highest BCUT2D eigenvalue weighted by Crippen LogP contribution is 2.46. The molecule has 1 saturated carbocycles. The van der Waals surface area contributed by atoms with Gasteiger partial charge in [0.1, 0.15) is 0 Å². The molecule has 2 aliphatic heterocycles. The Balaban J connectivity index is 0.000000244. The lowest BCUT2D eigenvalue weighted by molar-refractivity contribution is -0.193. The van der Waals surface area contributed by atoms with E-state index in [0.717, 1.165) is 19.1 Å². The maximum atomic E-state index is 10.6. The van der Waals surface area contributed by atoms with Crippen molar-refractivity contribution in [3.8, 4) is 0 Å². The Morgan fingerprint density at radius 3 is 2.12 bits per heavy atom. The fourth-order valence-corrected chi connectivity index (χ4v) is 4.92. The number of alkyl halides is 6. The van der Waals surface area contributed by atoms with E-state index < -0.39 is 24.3 Å². The number of aliphatic carboxylic acids is 2. The molecule has 192 valence electrons. The first-order chi connectivity index (χ1) is 15.7. The number of pyridine rings is 1. The maximum Gasteiger partial charge on any atom is 0.490 e. The molecule has 0 aromatic carbocycles. The predicted octanol–water partition coefficient (Wildman–Crippen LogP) is 3.83. The topological polar surface area (TPSA) is 100.0 Å². The molecule has 1 spiro atoms. The van der Waals surface area contributed by atoms with Gasteiger partial charge in [0.25, 0.3) is 0 Å². The van der Waals surface area contributed by atoms with Crippen LogP contribution in [0.25, 0.3) is 0 Å².